The summed E-state index contributed by atoms with van der Waals surface area (Å²) in [6.07, 6.45) is 11.5. The van der Waals surface area contributed by atoms with E-state index in [0.29, 0.717) is 11.8 Å². The molecule has 23 heavy (non-hydrogen) atoms. The first-order chi connectivity index (χ1) is 10.7. The molecule has 0 bridgehead atoms. The van der Waals surface area contributed by atoms with Gasteiger partial charge in [-0.05, 0) is 73.7 Å². The first kappa shape index (κ1) is 15.4. The lowest BCUT2D eigenvalue weighted by Crippen LogP contribution is -2.45. The van der Waals surface area contributed by atoms with Crippen LogP contribution in [0.3, 0.4) is 0 Å². The molecule has 0 unspecified atom stereocenters. The fraction of sp³-hybridized carbons (Fsp3) is 0.667. The summed E-state index contributed by atoms with van der Waals surface area (Å²) < 4.78 is 0. The minimum atomic E-state index is -0.595. The number of allylic oxidation sites excluding steroid dienone is 5. The monoisotopic (exact) mass is 312 g/mol. The first-order valence-corrected chi connectivity index (χ1v) is 9.06. The highest BCUT2D eigenvalue weighted by Crippen LogP contribution is 2.61. The summed E-state index contributed by atoms with van der Waals surface area (Å²) in [4.78, 5) is 12.3. The standard InChI is InChI=1S/C21H28O2/c1-19(2)12-16-13(11-18(19)22)5-6-15-14(16)7-9-20(3)17(15)8-10-21(20,4)23/h7,9,11,15,17,23H,5-6,8,10,12H2,1-4H3/t15-,17+,20+,21+/m1/s1. The third-order valence-electron chi connectivity index (χ3n) is 7.42. The number of hydrogen-bond acceptors (Lipinski definition) is 2. The predicted molar refractivity (Wildman–Crippen MR) is 91.8 cm³/mol. The Labute approximate surface area is 139 Å². The van der Waals surface area contributed by atoms with Gasteiger partial charge in [0.05, 0.1) is 5.60 Å². The molecule has 2 heteroatoms. The molecular formula is C21H28O2. The summed E-state index contributed by atoms with van der Waals surface area (Å²) in [6.45, 7) is 8.38. The van der Waals surface area contributed by atoms with E-state index in [1.807, 2.05) is 13.0 Å². The van der Waals surface area contributed by atoms with Gasteiger partial charge in [-0.2, -0.15) is 0 Å². The summed E-state index contributed by atoms with van der Waals surface area (Å²) in [5, 5.41) is 10.9. The molecule has 2 nitrogen and oxygen atoms in total. The highest BCUT2D eigenvalue weighted by atomic mass is 16.3. The molecule has 0 aromatic heterocycles. The number of carbonyl (C=O) groups is 1. The van der Waals surface area contributed by atoms with Crippen LogP contribution in [0.2, 0.25) is 0 Å². The van der Waals surface area contributed by atoms with Crippen molar-refractivity contribution in [3.8, 4) is 0 Å². The fourth-order valence-electron chi connectivity index (χ4n) is 5.52. The van der Waals surface area contributed by atoms with Gasteiger partial charge in [0, 0.05) is 10.8 Å². The number of rotatable bonds is 0. The van der Waals surface area contributed by atoms with Crippen LogP contribution in [-0.4, -0.2) is 16.5 Å². The number of hydrogen-bond donors (Lipinski definition) is 1. The minimum Gasteiger partial charge on any atom is -0.389 e. The van der Waals surface area contributed by atoms with Crippen molar-refractivity contribution in [2.75, 3.05) is 0 Å². The van der Waals surface area contributed by atoms with E-state index in [9.17, 15) is 9.90 Å². The zero-order chi connectivity index (χ0) is 16.6. The molecule has 4 rings (SSSR count). The van der Waals surface area contributed by atoms with Crippen LogP contribution in [0.5, 0.6) is 0 Å². The third-order valence-corrected chi connectivity index (χ3v) is 7.42. The van der Waals surface area contributed by atoms with Crippen molar-refractivity contribution in [2.45, 2.75) is 65.4 Å². The number of fused-ring (bicyclic) bond motifs is 4. The third kappa shape index (κ3) is 1.94. The van der Waals surface area contributed by atoms with Gasteiger partial charge in [0.1, 0.15) is 0 Å². The SMILES string of the molecule is CC1(C)CC2=C3C=C[C@@]4(C)[C@@H](CC[C@]4(C)O)[C@@H]3CCC2=CC1=O. The molecule has 0 aromatic rings. The van der Waals surface area contributed by atoms with E-state index in [2.05, 4.69) is 32.9 Å². The number of carbonyl (C=O) groups excluding carboxylic acids is 1. The van der Waals surface area contributed by atoms with Gasteiger partial charge in [-0.3, -0.25) is 4.79 Å². The van der Waals surface area contributed by atoms with Gasteiger partial charge in [0.25, 0.3) is 0 Å². The zero-order valence-corrected chi connectivity index (χ0v) is 14.8. The van der Waals surface area contributed by atoms with Crippen LogP contribution in [0, 0.1) is 22.7 Å². The van der Waals surface area contributed by atoms with E-state index in [1.54, 1.807) is 0 Å². The lowest BCUT2D eigenvalue weighted by molar-refractivity contribution is -0.122. The minimum absolute atomic E-state index is 0.108. The van der Waals surface area contributed by atoms with E-state index >= 15 is 0 Å². The van der Waals surface area contributed by atoms with Crippen molar-refractivity contribution in [1.29, 1.82) is 0 Å². The number of aliphatic hydroxyl groups is 1. The quantitative estimate of drug-likeness (QED) is 0.722. The zero-order valence-electron chi connectivity index (χ0n) is 14.8. The van der Waals surface area contributed by atoms with Crippen LogP contribution >= 0.6 is 0 Å². The van der Waals surface area contributed by atoms with Crippen LogP contribution in [-0.2, 0) is 4.79 Å². The molecule has 1 N–H and O–H groups in total. The van der Waals surface area contributed by atoms with Crippen molar-refractivity contribution >= 4 is 5.78 Å². The maximum absolute atomic E-state index is 12.3. The Morgan fingerprint density at radius 2 is 1.91 bits per heavy atom. The molecule has 1 saturated carbocycles. The van der Waals surface area contributed by atoms with Gasteiger partial charge in [-0.1, -0.05) is 32.9 Å². The van der Waals surface area contributed by atoms with E-state index in [0.717, 1.165) is 32.1 Å². The van der Waals surface area contributed by atoms with Crippen molar-refractivity contribution in [2.24, 2.45) is 22.7 Å². The topological polar surface area (TPSA) is 37.3 Å². The van der Waals surface area contributed by atoms with Crippen LogP contribution in [0.25, 0.3) is 0 Å². The molecular weight excluding hydrogens is 284 g/mol. The molecule has 4 aliphatic rings. The van der Waals surface area contributed by atoms with Gasteiger partial charge in [0.15, 0.2) is 5.78 Å². The molecule has 0 aliphatic heterocycles. The lowest BCUT2D eigenvalue weighted by Gasteiger charge is -2.48. The summed E-state index contributed by atoms with van der Waals surface area (Å²) in [5.41, 5.74) is 3.19. The highest BCUT2D eigenvalue weighted by Gasteiger charge is 2.57. The highest BCUT2D eigenvalue weighted by molar-refractivity contribution is 5.97. The molecule has 0 amide bonds. The Bertz CT molecular complexity index is 674. The molecule has 0 radical (unpaired) electrons. The second kappa shape index (κ2) is 4.47. The van der Waals surface area contributed by atoms with Crippen molar-refractivity contribution in [3.63, 3.8) is 0 Å². The van der Waals surface area contributed by atoms with Crippen molar-refractivity contribution in [3.05, 3.63) is 34.9 Å². The predicted octanol–water partition coefficient (Wildman–Crippen LogP) is 4.36. The summed E-state index contributed by atoms with van der Waals surface area (Å²) in [6, 6.07) is 0. The Kier molecular flexibility index (Phi) is 2.99. The first-order valence-electron chi connectivity index (χ1n) is 9.06. The molecule has 0 saturated heterocycles. The average Bonchev–Trinajstić information content (AvgIpc) is 2.70. The molecule has 0 aromatic carbocycles. The van der Waals surface area contributed by atoms with Crippen LogP contribution in [0.4, 0.5) is 0 Å². The van der Waals surface area contributed by atoms with Crippen molar-refractivity contribution < 1.29 is 9.90 Å². The van der Waals surface area contributed by atoms with Crippen LogP contribution in [0.1, 0.15) is 59.8 Å². The van der Waals surface area contributed by atoms with Crippen LogP contribution < -0.4 is 0 Å². The Morgan fingerprint density at radius 1 is 1.17 bits per heavy atom. The van der Waals surface area contributed by atoms with Crippen molar-refractivity contribution in [1.82, 2.24) is 0 Å². The van der Waals surface area contributed by atoms with E-state index in [-0.39, 0.29) is 16.6 Å². The Hall–Kier alpha value is -1.15. The van der Waals surface area contributed by atoms with Gasteiger partial charge >= 0.3 is 0 Å². The summed E-state index contributed by atoms with van der Waals surface area (Å²) in [7, 11) is 0. The molecule has 1 fully saturated rings. The maximum Gasteiger partial charge on any atom is 0.161 e. The lowest BCUT2D eigenvalue weighted by atomic mass is 9.57. The molecule has 4 aliphatic carbocycles. The van der Waals surface area contributed by atoms with Crippen LogP contribution in [0.15, 0.2) is 34.9 Å². The second-order valence-electron chi connectivity index (χ2n) is 9.21. The summed E-state index contributed by atoms with van der Waals surface area (Å²) >= 11 is 0. The largest absolute Gasteiger partial charge is 0.389 e. The smallest absolute Gasteiger partial charge is 0.161 e. The van der Waals surface area contributed by atoms with Gasteiger partial charge in [-0.25, -0.2) is 0 Å². The number of ketones is 1. The van der Waals surface area contributed by atoms with E-state index in [1.165, 1.54) is 16.7 Å². The average molecular weight is 312 g/mol. The van der Waals surface area contributed by atoms with E-state index < -0.39 is 5.60 Å². The van der Waals surface area contributed by atoms with Gasteiger partial charge in [0.2, 0.25) is 0 Å². The van der Waals surface area contributed by atoms with Gasteiger partial charge in [-0.15, -0.1) is 0 Å². The normalized spacial score (nSPS) is 44.6. The molecule has 4 atom stereocenters. The second-order valence-corrected chi connectivity index (χ2v) is 9.21. The maximum atomic E-state index is 12.3. The fourth-order valence-corrected chi connectivity index (χ4v) is 5.52. The van der Waals surface area contributed by atoms with Gasteiger partial charge < -0.3 is 5.11 Å². The Morgan fingerprint density at radius 3 is 2.65 bits per heavy atom. The van der Waals surface area contributed by atoms with E-state index in [4.69, 9.17) is 0 Å². The summed E-state index contributed by atoms with van der Waals surface area (Å²) in [5.74, 6) is 1.37. The molecule has 0 heterocycles. The molecule has 0 spiro atoms. The molecule has 124 valence electrons. The Balaban J connectivity index is 1.84.